The van der Waals surface area contributed by atoms with Gasteiger partial charge in [-0.25, -0.2) is 9.97 Å². The van der Waals surface area contributed by atoms with Gasteiger partial charge in [-0.15, -0.1) is 24.0 Å². The van der Waals surface area contributed by atoms with Crippen molar-refractivity contribution in [2.45, 2.75) is 26.9 Å². The van der Waals surface area contributed by atoms with Crippen LogP contribution < -0.4 is 5.32 Å². The van der Waals surface area contributed by atoms with Crippen molar-refractivity contribution in [2.75, 3.05) is 14.1 Å². The van der Waals surface area contributed by atoms with Crippen LogP contribution in [0.4, 0.5) is 0 Å². The van der Waals surface area contributed by atoms with E-state index in [1.54, 1.807) is 13.2 Å². The van der Waals surface area contributed by atoms with Gasteiger partial charge in [0.05, 0.1) is 0 Å². The molecule has 0 aliphatic rings. The van der Waals surface area contributed by atoms with Crippen molar-refractivity contribution in [2.24, 2.45) is 4.99 Å². The second-order valence-corrected chi connectivity index (χ2v) is 6.61. The van der Waals surface area contributed by atoms with E-state index in [-0.39, 0.29) is 24.0 Å². The highest BCUT2D eigenvalue weighted by atomic mass is 127. The molecule has 1 aromatic carbocycles. The summed E-state index contributed by atoms with van der Waals surface area (Å²) in [7, 11) is 3.84. The summed E-state index contributed by atoms with van der Waals surface area (Å²) in [4.78, 5) is 15.3. The lowest BCUT2D eigenvalue weighted by molar-refractivity contribution is 0.476. The average molecular weight is 490 g/mol. The van der Waals surface area contributed by atoms with Crippen molar-refractivity contribution < 1.29 is 0 Å². The number of aromatic nitrogens is 3. The van der Waals surface area contributed by atoms with Gasteiger partial charge in [0, 0.05) is 45.8 Å². The maximum absolute atomic E-state index is 4.54. The molecule has 3 aromatic rings. The van der Waals surface area contributed by atoms with E-state index in [1.165, 1.54) is 11.1 Å². The van der Waals surface area contributed by atoms with Gasteiger partial charge in [0.15, 0.2) is 5.96 Å². The molecule has 0 saturated carbocycles. The van der Waals surface area contributed by atoms with Crippen LogP contribution in [0.25, 0.3) is 5.82 Å². The van der Waals surface area contributed by atoms with Crippen LogP contribution in [0.1, 0.15) is 22.5 Å². The van der Waals surface area contributed by atoms with Crippen molar-refractivity contribution in [1.29, 1.82) is 0 Å². The molecule has 148 valence electrons. The first kappa shape index (κ1) is 21.9. The lowest BCUT2D eigenvalue weighted by Gasteiger charge is -2.22. The molecule has 1 N–H and O–H groups in total. The molecule has 0 aliphatic carbocycles. The van der Waals surface area contributed by atoms with Crippen molar-refractivity contribution in [3.63, 3.8) is 0 Å². The largest absolute Gasteiger partial charge is 0.352 e. The van der Waals surface area contributed by atoms with E-state index in [4.69, 9.17) is 0 Å². The predicted molar refractivity (Wildman–Crippen MR) is 124 cm³/mol. The number of guanidine groups is 1. The Labute approximate surface area is 183 Å². The maximum atomic E-state index is 4.54. The Morgan fingerprint density at radius 2 is 1.79 bits per heavy atom. The third-order valence-electron chi connectivity index (χ3n) is 4.45. The highest BCUT2D eigenvalue weighted by Crippen LogP contribution is 2.09. The van der Waals surface area contributed by atoms with E-state index in [2.05, 4.69) is 62.4 Å². The number of rotatable bonds is 5. The maximum Gasteiger partial charge on any atom is 0.193 e. The zero-order valence-electron chi connectivity index (χ0n) is 16.8. The topological polar surface area (TPSA) is 58.3 Å². The van der Waals surface area contributed by atoms with E-state index < -0.39 is 0 Å². The van der Waals surface area contributed by atoms with Gasteiger partial charge in [-0.05, 0) is 31.0 Å². The van der Waals surface area contributed by atoms with Gasteiger partial charge in [-0.3, -0.25) is 9.56 Å². The molecule has 0 saturated heterocycles. The zero-order chi connectivity index (χ0) is 19.2. The molecule has 6 nitrogen and oxygen atoms in total. The van der Waals surface area contributed by atoms with Gasteiger partial charge >= 0.3 is 0 Å². The number of aliphatic imine (C=N–C) groups is 1. The minimum atomic E-state index is 0. The number of nitrogens with one attached hydrogen (secondary N) is 1. The quantitative estimate of drug-likeness (QED) is 0.337. The Morgan fingerprint density at radius 1 is 1.07 bits per heavy atom. The van der Waals surface area contributed by atoms with Crippen LogP contribution in [0.15, 0.2) is 60.0 Å². The highest BCUT2D eigenvalue weighted by molar-refractivity contribution is 14.0. The Hall–Kier alpha value is -2.42. The Morgan fingerprint density at radius 3 is 2.36 bits per heavy atom. The van der Waals surface area contributed by atoms with E-state index >= 15 is 0 Å². The van der Waals surface area contributed by atoms with Gasteiger partial charge < -0.3 is 10.2 Å². The molecule has 3 rings (SSSR count). The second-order valence-electron chi connectivity index (χ2n) is 6.61. The summed E-state index contributed by atoms with van der Waals surface area (Å²) in [5.74, 6) is 2.64. The van der Waals surface area contributed by atoms with Gasteiger partial charge in [0.2, 0.25) is 0 Å². The Balaban J connectivity index is 0.00000280. The molecule has 0 aliphatic heterocycles. The van der Waals surface area contributed by atoms with Crippen molar-refractivity contribution >= 4 is 29.9 Å². The summed E-state index contributed by atoms with van der Waals surface area (Å²) in [5, 5.41) is 3.40. The molecule has 2 aromatic heterocycles. The Kier molecular flexibility index (Phi) is 7.98. The van der Waals surface area contributed by atoms with Crippen LogP contribution in [0.2, 0.25) is 0 Å². The normalized spacial score (nSPS) is 11.1. The third-order valence-corrected chi connectivity index (χ3v) is 4.45. The molecule has 28 heavy (non-hydrogen) atoms. The first-order valence-electron chi connectivity index (χ1n) is 8.99. The van der Waals surface area contributed by atoms with Gasteiger partial charge in [-0.2, -0.15) is 0 Å². The van der Waals surface area contributed by atoms with Crippen molar-refractivity contribution in [3.8, 4) is 5.82 Å². The fourth-order valence-electron chi connectivity index (χ4n) is 2.89. The summed E-state index contributed by atoms with van der Waals surface area (Å²) in [6.07, 6.45) is 5.58. The number of hydrogen-bond donors (Lipinski definition) is 1. The summed E-state index contributed by atoms with van der Waals surface area (Å²) < 4.78 is 1.96. The van der Waals surface area contributed by atoms with Crippen LogP contribution in [-0.4, -0.2) is 39.5 Å². The molecule has 7 heteroatoms. The summed E-state index contributed by atoms with van der Waals surface area (Å²) >= 11 is 0. The van der Waals surface area contributed by atoms with Gasteiger partial charge in [-0.1, -0.05) is 35.9 Å². The lowest BCUT2D eigenvalue weighted by atomic mass is 10.1. The zero-order valence-corrected chi connectivity index (χ0v) is 19.1. The van der Waals surface area contributed by atoms with Crippen molar-refractivity contribution in [1.82, 2.24) is 24.8 Å². The second kappa shape index (κ2) is 10.2. The van der Waals surface area contributed by atoms with Crippen LogP contribution in [-0.2, 0) is 13.1 Å². The van der Waals surface area contributed by atoms with E-state index in [9.17, 15) is 0 Å². The monoisotopic (exact) mass is 490 g/mol. The highest BCUT2D eigenvalue weighted by Gasteiger charge is 2.07. The van der Waals surface area contributed by atoms with E-state index in [1.807, 2.05) is 37.0 Å². The fraction of sp³-hybridized carbons (Fsp3) is 0.286. The van der Waals surface area contributed by atoms with Gasteiger partial charge in [0.1, 0.15) is 11.6 Å². The predicted octanol–water partition coefficient (Wildman–Crippen LogP) is 3.71. The number of imidazole rings is 1. The van der Waals surface area contributed by atoms with E-state index in [0.717, 1.165) is 29.7 Å². The molecule has 0 bridgehead atoms. The molecule has 0 atom stereocenters. The Bertz CT molecular complexity index is 899. The van der Waals surface area contributed by atoms with Crippen LogP contribution >= 0.6 is 24.0 Å². The molecular formula is C21H27IN6. The third kappa shape index (κ3) is 5.54. The van der Waals surface area contributed by atoms with E-state index in [0.29, 0.717) is 6.54 Å². The molecule has 0 spiro atoms. The average Bonchev–Trinajstić information content (AvgIpc) is 3.10. The van der Waals surface area contributed by atoms with Crippen LogP contribution in [0, 0.1) is 13.8 Å². The number of halogens is 1. The number of nitrogens with zero attached hydrogens (tertiary/aromatic N) is 5. The minimum absolute atomic E-state index is 0. The number of hydrogen-bond acceptors (Lipinski definition) is 3. The molecular weight excluding hydrogens is 463 g/mol. The number of pyridine rings is 1. The molecule has 0 fully saturated rings. The SMILES string of the molecule is CN=C(NCc1ccc(-n2ccnc2C)nc1)N(C)Cc1ccc(C)cc1.I. The summed E-state index contributed by atoms with van der Waals surface area (Å²) in [6, 6.07) is 12.6. The van der Waals surface area contributed by atoms with Crippen LogP contribution in [0.3, 0.4) is 0 Å². The fourth-order valence-corrected chi connectivity index (χ4v) is 2.89. The standard InChI is InChI=1S/C21H26N6.HI/c1-16-5-7-18(8-6-16)15-26(4)21(22-3)25-14-19-9-10-20(24-13-19)27-12-11-23-17(27)2;/h5-13H,14-15H2,1-4H3,(H,22,25);1H. The first-order chi connectivity index (χ1) is 13.1. The number of benzene rings is 1. The summed E-state index contributed by atoms with van der Waals surface area (Å²) in [6.45, 7) is 5.53. The molecule has 0 unspecified atom stereocenters. The first-order valence-corrected chi connectivity index (χ1v) is 8.99. The molecule has 0 amide bonds. The lowest BCUT2D eigenvalue weighted by Crippen LogP contribution is -2.38. The van der Waals surface area contributed by atoms with Gasteiger partial charge in [0.25, 0.3) is 0 Å². The van der Waals surface area contributed by atoms with Crippen LogP contribution in [0.5, 0.6) is 0 Å². The summed E-state index contributed by atoms with van der Waals surface area (Å²) in [5.41, 5.74) is 3.62. The minimum Gasteiger partial charge on any atom is -0.352 e. The van der Waals surface area contributed by atoms with Crippen molar-refractivity contribution in [3.05, 3.63) is 77.5 Å². The number of aryl methyl sites for hydroxylation is 2. The smallest absolute Gasteiger partial charge is 0.193 e. The molecule has 2 heterocycles. The molecule has 0 radical (unpaired) electrons.